The number of anilines is 1. The second-order valence-corrected chi connectivity index (χ2v) is 6.11. The van der Waals surface area contributed by atoms with E-state index >= 15 is 0 Å². The Hall–Kier alpha value is -2.99. The average Bonchev–Trinajstić information content (AvgIpc) is 3.16. The van der Waals surface area contributed by atoms with Crippen LogP contribution in [0.4, 0.5) is 5.69 Å². The second kappa shape index (κ2) is 8.40. The van der Waals surface area contributed by atoms with Crippen LogP contribution in [0.1, 0.15) is 30.3 Å². The van der Waals surface area contributed by atoms with E-state index in [1.165, 1.54) is 11.1 Å². The molecule has 1 aromatic heterocycles. The number of benzene rings is 2. The van der Waals surface area contributed by atoms with E-state index in [-0.39, 0.29) is 5.91 Å². The van der Waals surface area contributed by atoms with E-state index in [0.29, 0.717) is 24.6 Å². The highest BCUT2D eigenvalue weighted by Crippen LogP contribution is 2.18. The molecule has 2 aromatic carbocycles. The summed E-state index contributed by atoms with van der Waals surface area (Å²) in [5, 5.41) is 9.83. The predicted molar refractivity (Wildman–Crippen MR) is 102 cm³/mol. The summed E-state index contributed by atoms with van der Waals surface area (Å²) in [6.07, 6.45) is 2.21. The number of H-pyrrole nitrogens is 1. The molecule has 26 heavy (non-hydrogen) atoms. The first-order valence-corrected chi connectivity index (χ1v) is 8.77. The van der Waals surface area contributed by atoms with Crippen molar-refractivity contribution >= 4 is 11.6 Å². The molecule has 0 bridgehead atoms. The Bertz CT molecular complexity index is 853. The van der Waals surface area contributed by atoms with E-state index in [0.717, 1.165) is 24.1 Å². The van der Waals surface area contributed by atoms with Gasteiger partial charge in [0.15, 0.2) is 5.82 Å². The van der Waals surface area contributed by atoms with Crippen LogP contribution < -0.4 is 11.1 Å². The minimum Gasteiger partial charge on any atom is -0.326 e. The number of aromatic nitrogens is 3. The summed E-state index contributed by atoms with van der Waals surface area (Å²) < 4.78 is 0. The van der Waals surface area contributed by atoms with Crippen molar-refractivity contribution in [2.45, 2.75) is 32.7 Å². The predicted octanol–water partition coefficient (Wildman–Crippen LogP) is 3.06. The first kappa shape index (κ1) is 17.8. The first-order valence-electron chi connectivity index (χ1n) is 8.77. The molecular weight excluding hydrogens is 326 g/mol. The molecular formula is C20H23N5O. The van der Waals surface area contributed by atoms with Crippen LogP contribution in [0.25, 0.3) is 11.4 Å². The Morgan fingerprint density at radius 2 is 1.77 bits per heavy atom. The number of nitrogens with one attached hydrogen (secondary N) is 2. The number of nitrogens with two attached hydrogens (primary N) is 1. The molecule has 0 aliphatic carbocycles. The molecule has 0 radical (unpaired) electrons. The zero-order chi connectivity index (χ0) is 18.4. The Labute approximate surface area is 152 Å². The molecule has 0 fully saturated rings. The van der Waals surface area contributed by atoms with Crippen molar-refractivity contribution in [3.63, 3.8) is 0 Å². The standard InChI is InChI=1S/C20H23N5O/c1-2-14-3-5-15(6-4-14)7-12-19(26)22-17-10-8-16(9-11-17)20-23-18(13-21)24-25-20/h3-6,8-11H,2,7,12-13,21H2,1H3,(H,22,26)(H,23,24,25). The molecule has 6 nitrogen and oxygen atoms in total. The van der Waals surface area contributed by atoms with Crippen LogP contribution in [0, 0.1) is 0 Å². The van der Waals surface area contributed by atoms with E-state index in [9.17, 15) is 4.79 Å². The van der Waals surface area contributed by atoms with Gasteiger partial charge in [-0.1, -0.05) is 31.2 Å². The zero-order valence-corrected chi connectivity index (χ0v) is 14.8. The number of nitrogens with zero attached hydrogens (tertiary/aromatic N) is 2. The van der Waals surface area contributed by atoms with Crippen LogP contribution in [-0.4, -0.2) is 21.1 Å². The van der Waals surface area contributed by atoms with Crippen molar-refractivity contribution in [1.82, 2.24) is 15.2 Å². The minimum atomic E-state index is 0.000584. The molecule has 134 valence electrons. The maximum atomic E-state index is 12.2. The maximum Gasteiger partial charge on any atom is 0.224 e. The SMILES string of the molecule is CCc1ccc(CCC(=O)Nc2ccc(-c3n[nH]c(CN)n3)cc2)cc1. The minimum absolute atomic E-state index is 0.000584. The number of aryl methyl sites for hydroxylation is 2. The lowest BCUT2D eigenvalue weighted by Crippen LogP contribution is -2.12. The quantitative estimate of drug-likeness (QED) is 0.611. The summed E-state index contributed by atoms with van der Waals surface area (Å²) in [4.78, 5) is 16.4. The number of amides is 1. The largest absolute Gasteiger partial charge is 0.326 e. The summed E-state index contributed by atoms with van der Waals surface area (Å²) in [5.41, 5.74) is 9.64. The summed E-state index contributed by atoms with van der Waals surface area (Å²) in [7, 11) is 0. The summed E-state index contributed by atoms with van der Waals surface area (Å²) >= 11 is 0. The van der Waals surface area contributed by atoms with Crippen LogP contribution in [0.5, 0.6) is 0 Å². The summed E-state index contributed by atoms with van der Waals surface area (Å²) in [6, 6.07) is 15.9. The van der Waals surface area contributed by atoms with Crippen molar-refractivity contribution in [3.8, 4) is 11.4 Å². The topological polar surface area (TPSA) is 96.7 Å². The third-order valence-corrected chi connectivity index (χ3v) is 4.22. The fraction of sp³-hybridized carbons (Fsp3) is 0.250. The number of carbonyl (C=O) groups excluding carboxylic acids is 1. The van der Waals surface area contributed by atoms with Gasteiger partial charge in [-0.3, -0.25) is 9.89 Å². The van der Waals surface area contributed by atoms with E-state index in [4.69, 9.17) is 5.73 Å². The number of rotatable bonds is 7. The molecule has 0 saturated carbocycles. The normalized spacial score (nSPS) is 10.7. The molecule has 0 aliphatic rings. The van der Waals surface area contributed by atoms with Crippen LogP contribution in [0.3, 0.4) is 0 Å². The summed E-state index contributed by atoms with van der Waals surface area (Å²) in [6.45, 7) is 2.45. The third kappa shape index (κ3) is 4.55. The van der Waals surface area contributed by atoms with Crippen LogP contribution in [0.15, 0.2) is 48.5 Å². The fourth-order valence-corrected chi connectivity index (χ4v) is 2.64. The molecule has 0 unspecified atom stereocenters. The highest BCUT2D eigenvalue weighted by molar-refractivity contribution is 5.91. The molecule has 0 aliphatic heterocycles. The molecule has 3 aromatic rings. The van der Waals surface area contributed by atoms with E-state index in [1.807, 2.05) is 24.3 Å². The number of carbonyl (C=O) groups is 1. The molecule has 0 spiro atoms. The van der Waals surface area contributed by atoms with Gasteiger partial charge in [-0.25, -0.2) is 4.98 Å². The summed E-state index contributed by atoms with van der Waals surface area (Å²) in [5.74, 6) is 1.24. The Kier molecular flexibility index (Phi) is 5.76. The Morgan fingerprint density at radius 3 is 2.38 bits per heavy atom. The molecule has 0 atom stereocenters. The molecule has 1 heterocycles. The highest BCUT2D eigenvalue weighted by Gasteiger charge is 2.07. The second-order valence-electron chi connectivity index (χ2n) is 6.11. The van der Waals surface area contributed by atoms with Crippen molar-refractivity contribution in [2.75, 3.05) is 5.32 Å². The van der Waals surface area contributed by atoms with Gasteiger partial charge in [0.25, 0.3) is 0 Å². The van der Waals surface area contributed by atoms with Crippen LogP contribution in [0.2, 0.25) is 0 Å². The van der Waals surface area contributed by atoms with Crippen molar-refractivity contribution in [3.05, 3.63) is 65.5 Å². The smallest absolute Gasteiger partial charge is 0.224 e. The molecule has 1 amide bonds. The highest BCUT2D eigenvalue weighted by atomic mass is 16.1. The van der Waals surface area contributed by atoms with Gasteiger partial charge in [-0.15, -0.1) is 0 Å². The Balaban J connectivity index is 1.53. The van der Waals surface area contributed by atoms with Gasteiger partial charge in [0, 0.05) is 17.7 Å². The fourth-order valence-electron chi connectivity index (χ4n) is 2.64. The zero-order valence-electron chi connectivity index (χ0n) is 14.8. The average molecular weight is 349 g/mol. The molecule has 4 N–H and O–H groups in total. The van der Waals surface area contributed by atoms with E-state index < -0.39 is 0 Å². The molecule has 6 heteroatoms. The van der Waals surface area contributed by atoms with Gasteiger partial charge < -0.3 is 11.1 Å². The monoisotopic (exact) mass is 349 g/mol. The van der Waals surface area contributed by atoms with E-state index in [2.05, 4.69) is 51.7 Å². The van der Waals surface area contributed by atoms with Crippen molar-refractivity contribution in [2.24, 2.45) is 5.73 Å². The van der Waals surface area contributed by atoms with Gasteiger partial charge in [-0.2, -0.15) is 5.10 Å². The van der Waals surface area contributed by atoms with Crippen molar-refractivity contribution in [1.29, 1.82) is 0 Å². The van der Waals surface area contributed by atoms with Crippen LogP contribution >= 0.6 is 0 Å². The first-order chi connectivity index (χ1) is 12.7. The van der Waals surface area contributed by atoms with Gasteiger partial charge in [-0.05, 0) is 48.2 Å². The van der Waals surface area contributed by atoms with Crippen LogP contribution in [-0.2, 0) is 24.2 Å². The van der Waals surface area contributed by atoms with Gasteiger partial charge >= 0.3 is 0 Å². The Morgan fingerprint density at radius 1 is 1.08 bits per heavy atom. The van der Waals surface area contributed by atoms with E-state index in [1.54, 1.807) is 0 Å². The van der Waals surface area contributed by atoms with Gasteiger partial charge in [0.05, 0.1) is 6.54 Å². The van der Waals surface area contributed by atoms with Gasteiger partial charge in [0.2, 0.25) is 5.91 Å². The third-order valence-electron chi connectivity index (χ3n) is 4.22. The lowest BCUT2D eigenvalue weighted by atomic mass is 10.1. The maximum absolute atomic E-state index is 12.2. The lowest BCUT2D eigenvalue weighted by Gasteiger charge is -2.06. The molecule has 3 rings (SSSR count). The number of aromatic amines is 1. The van der Waals surface area contributed by atoms with Gasteiger partial charge in [0.1, 0.15) is 5.82 Å². The lowest BCUT2D eigenvalue weighted by molar-refractivity contribution is -0.116. The molecule has 0 saturated heterocycles. The number of hydrogen-bond donors (Lipinski definition) is 3. The number of hydrogen-bond acceptors (Lipinski definition) is 4. The van der Waals surface area contributed by atoms with Crippen molar-refractivity contribution < 1.29 is 4.79 Å².